The van der Waals surface area contributed by atoms with E-state index in [-0.39, 0.29) is 23.5 Å². The summed E-state index contributed by atoms with van der Waals surface area (Å²) < 4.78 is 34.8. The molecular formula is C19H29N3O4S. The van der Waals surface area contributed by atoms with Crippen molar-refractivity contribution >= 4 is 15.8 Å². The summed E-state index contributed by atoms with van der Waals surface area (Å²) in [5.41, 5.74) is 2.19. The molecule has 3 rings (SSSR count). The van der Waals surface area contributed by atoms with Crippen molar-refractivity contribution in [2.75, 3.05) is 31.7 Å². The van der Waals surface area contributed by atoms with Gasteiger partial charge < -0.3 is 20.1 Å². The maximum absolute atomic E-state index is 11.6. The number of aliphatic imine (C=N–C) groups is 1. The fourth-order valence-electron chi connectivity index (χ4n) is 3.58. The van der Waals surface area contributed by atoms with Gasteiger partial charge in [0.15, 0.2) is 15.8 Å². The number of hydrogen-bond acceptors (Lipinski definition) is 5. The Kier molecular flexibility index (Phi) is 6.14. The van der Waals surface area contributed by atoms with Crippen molar-refractivity contribution in [2.24, 2.45) is 10.9 Å². The molecular weight excluding hydrogens is 366 g/mol. The molecule has 1 fully saturated rings. The molecule has 1 saturated heterocycles. The van der Waals surface area contributed by atoms with Gasteiger partial charge in [-0.15, -0.1) is 0 Å². The molecule has 0 aromatic heterocycles. The maximum atomic E-state index is 11.6. The molecule has 7 nitrogen and oxygen atoms in total. The molecule has 0 aliphatic carbocycles. The first-order chi connectivity index (χ1) is 12.9. The molecule has 2 aliphatic heterocycles. The first-order valence-corrected chi connectivity index (χ1v) is 11.3. The van der Waals surface area contributed by atoms with Gasteiger partial charge >= 0.3 is 0 Å². The van der Waals surface area contributed by atoms with Crippen LogP contribution in [0.4, 0.5) is 0 Å². The Morgan fingerprint density at radius 1 is 1.37 bits per heavy atom. The van der Waals surface area contributed by atoms with Gasteiger partial charge in [0.1, 0.15) is 17.6 Å². The van der Waals surface area contributed by atoms with E-state index in [1.165, 1.54) is 5.56 Å². The SMILES string of the molecule is CCOc1cc2c(cc1CNC(=NC)NCC1CCS(=O)(=O)C1)OC(C)C2. The lowest BCUT2D eigenvalue weighted by Gasteiger charge is -2.17. The largest absolute Gasteiger partial charge is 0.494 e. The zero-order valence-electron chi connectivity index (χ0n) is 16.2. The van der Waals surface area contributed by atoms with Crippen molar-refractivity contribution in [1.82, 2.24) is 10.6 Å². The number of guanidine groups is 1. The lowest BCUT2D eigenvalue weighted by atomic mass is 10.1. The summed E-state index contributed by atoms with van der Waals surface area (Å²) in [6, 6.07) is 4.10. The lowest BCUT2D eigenvalue weighted by Crippen LogP contribution is -2.39. The van der Waals surface area contributed by atoms with E-state index in [1.807, 2.05) is 13.0 Å². The van der Waals surface area contributed by atoms with Crippen LogP contribution in [0.1, 0.15) is 31.4 Å². The fraction of sp³-hybridized carbons (Fsp3) is 0.632. The summed E-state index contributed by atoms with van der Waals surface area (Å²) in [6.07, 6.45) is 1.80. The average Bonchev–Trinajstić information content (AvgIpc) is 3.15. The number of sulfone groups is 1. The van der Waals surface area contributed by atoms with E-state index in [1.54, 1.807) is 7.05 Å². The van der Waals surface area contributed by atoms with Gasteiger partial charge in [0, 0.05) is 37.7 Å². The molecule has 0 amide bonds. The molecule has 0 saturated carbocycles. The van der Waals surface area contributed by atoms with Gasteiger partial charge in [-0.2, -0.15) is 0 Å². The normalized spacial score (nSPS) is 23.6. The van der Waals surface area contributed by atoms with Gasteiger partial charge in [0.05, 0.1) is 18.1 Å². The molecule has 2 heterocycles. The van der Waals surface area contributed by atoms with Crippen molar-refractivity contribution in [3.05, 3.63) is 23.3 Å². The first kappa shape index (κ1) is 19.8. The van der Waals surface area contributed by atoms with Crippen LogP contribution in [0.2, 0.25) is 0 Å². The number of ether oxygens (including phenoxy) is 2. The van der Waals surface area contributed by atoms with Crippen LogP contribution in [0.15, 0.2) is 17.1 Å². The molecule has 2 aliphatic rings. The Hall–Kier alpha value is -1.96. The first-order valence-electron chi connectivity index (χ1n) is 9.50. The minimum Gasteiger partial charge on any atom is -0.494 e. The van der Waals surface area contributed by atoms with Crippen LogP contribution in [-0.4, -0.2) is 52.2 Å². The van der Waals surface area contributed by atoms with Gasteiger partial charge in [0.2, 0.25) is 0 Å². The predicted molar refractivity (Wildman–Crippen MR) is 106 cm³/mol. The highest BCUT2D eigenvalue weighted by Gasteiger charge is 2.27. The Labute approximate surface area is 161 Å². The van der Waals surface area contributed by atoms with Crippen LogP contribution >= 0.6 is 0 Å². The Balaban J connectivity index is 1.60. The van der Waals surface area contributed by atoms with E-state index in [0.717, 1.165) is 23.5 Å². The second-order valence-corrected chi connectivity index (χ2v) is 9.44. The van der Waals surface area contributed by atoms with Crippen LogP contribution < -0.4 is 20.1 Å². The van der Waals surface area contributed by atoms with Crippen LogP contribution in [0.3, 0.4) is 0 Å². The van der Waals surface area contributed by atoms with E-state index in [2.05, 4.69) is 28.6 Å². The molecule has 1 aromatic carbocycles. The van der Waals surface area contributed by atoms with Crippen molar-refractivity contribution in [3.8, 4) is 11.5 Å². The summed E-state index contributed by atoms with van der Waals surface area (Å²) in [5.74, 6) is 3.11. The topological polar surface area (TPSA) is 89.0 Å². The summed E-state index contributed by atoms with van der Waals surface area (Å²) in [7, 11) is -1.15. The fourth-order valence-corrected chi connectivity index (χ4v) is 5.44. The van der Waals surface area contributed by atoms with Crippen LogP contribution in [-0.2, 0) is 22.8 Å². The van der Waals surface area contributed by atoms with Crippen LogP contribution in [0, 0.1) is 5.92 Å². The van der Waals surface area contributed by atoms with E-state index < -0.39 is 9.84 Å². The molecule has 0 radical (unpaired) electrons. The van der Waals surface area contributed by atoms with Gasteiger partial charge in [-0.1, -0.05) is 0 Å². The van der Waals surface area contributed by atoms with Crippen LogP contribution in [0.25, 0.3) is 0 Å². The molecule has 2 N–H and O–H groups in total. The summed E-state index contributed by atoms with van der Waals surface area (Å²) in [5, 5.41) is 6.52. The summed E-state index contributed by atoms with van der Waals surface area (Å²) in [6.45, 7) is 5.78. The van der Waals surface area contributed by atoms with E-state index >= 15 is 0 Å². The third-order valence-electron chi connectivity index (χ3n) is 4.93. The zero-order valence-corrected chi connectivity index (χ0v) is 17.1. The predicted octanol–water partition coefficient (Wildman–Crippen LogP) is 1.51. The van der Waals surface area contributed by atoms with Crippen molar-refractivity contribution in [3.63, 3.8) is 0 Å². The Morgan fingerprint density at radius 3 is 2.85 bits per heavy atom. The molecule has 0 spiro atoms. The summed E-state index contributed by atoms with van der Waals surface area (Å²) in [4.78, 5) is 4.23. The second-order valence-electron chi connectivity index (χ2n) is 7.21. The number of nitrogens with zero attached hydrogens (tertiary/aromatic N) is 1. The third-order valence-corrected chi connectivity index (χ3v) is 6.77. The van der Waals surface area contributed by atoms with Gasteiger partial charge in [-0.3, -0.25) is 4.99 Å². The number of fused-ring (bicyclic) bond motifs is 1. The number of benzene rings is 1. The molecule has 27 heavy (non-hydrogen) atoms. The van der Waals surface area contributed by atoms with Gasteiger partial charge in [-0.25, -0.2) is 8.42 Å². The highest BCUT2D eigenvalue weighted by atomic mass is 32.2. The Morgan fingerprint density at radius 2 is 2.19 bits per heavy atom. The second kappa shape index (κ2) is 8.37. The third kappa shape index (κ3) is 5.06. The monoisotopic (exact) mass is 395 g/mol. The lowest BCUT2D eigenvalue weighted by molar-refractivity contribution is 0.254. The standard InChI is InChI=1S/C19H29N3O4S/c1-4-25-17-8-15-7-13(2)26-18(15)9-16(17)11-22-19(20-3)21-10-14-5-6-27(23,24)12-14/h8-9,13-14H,4-7,10-12H2,1-3H3,(H2,20,21,22). The quantitative estimate of drug-likeness (QED) is 0.561. The number of rotatable bonds is 6. The maximum Gasteiger partial charge on any atom is 0.191 e. The van der Waals surface area contributed by atoms with Crippen molar-refractivity contribution < 1.29 is 17.9 Å². The molecule has 8 heteroatoms. The highest BCUT2D eigenvalue weighted by molar-refractivity contribution is 7.91. The van der Waals surface area contributed by atoms with Gasteiger partial charge in [-0.05, 0) is 38.3 Å². The zero-order chi connectivity index (χ0) is 19.4. The van der Waals surface area contributed by atoms with Gasteiger partial charge in [0.25, 0.3) is 0 Å². The van der Waals surface area contributed by atoms with E-state index in [0.29, 0.717) is 32.1 Å². The van der Waals surface area contributed by atoms with Crippen molar-refractivity contribution in [2.45, 2.75) is 39.3 Å². The molecule has 2 atom stereocenters. The minimum absolute atomic E-state index is 0.141. The molecule has 2 unspecified atom stereocenters. The molecule has 0 bridgehead atoms. The van der Waals surface area contributed by atoms with E-state index in [9.17, 15) is 8.42 Å². The molecule has 1 aromatic rings. The highest BCUT2D eigenvalue weighted by Crippen LogP contribution is 2.35. The van der Waals surface area contributed by atoms with E-state index in [4.69, 9.17) is 9.47 Å². The number of nitrogens with one attached hydrogen (secondary N) is 2. The minimum atomic E-state index is -2.86. The number of hydrogen-bond donors (Lipinski definition) is 2. The summed E-state index contributed by atoms with van der Waals surface area (Å²) >= 11 is 0. The van der Waals surface area contributed by atoms with Crippen LogP contribution in [0.5, 0.6) is 11.5 Å². The van der Waals surface area contributed by atoms with Crippen molar-refractivity contribution in [1.29, 1.82) is 0 Å². The Bertz CT molecular complexity index is 807. The smallest absolute Gasteiger partial charge is 0.191 e. The molecule has 150 valence electrons. The average molecular weight is 396 g/mol.